The highest BCUT2D eigenvalue weighted by Crippen LogP contribution is 2.35. The molecule has 0 radical (unpaired) electrons. The molecule has 0 aromatic heterocycles. The molecule has 1 aliphatic rings. The van der Waals surface area contributed by atoms with Gasteiger partial charge >= 0.3 is 12.0 Å². The fourth-order valence-electron chi connectivity index (χ4n) is 1.68. The topological polar surface area (TPSA) is 78.4 Å². The van der Waals surface area contributed by atoms with Gasteiger partial charge in [-0.1, -0.05) is 6.92 Å². The second-order valence-corrected chi connectivity index (χ2v) is 5.08. The van der Waals surface area contributed by atoms with E-state index in [0.717, 1.165) is 5.92 Å². The first-order valence-electron chi connectivity index (χ1n) is 6.19. The summed E-state index contributed by atoms with van der Waals surface area (Å²) in [6.45, 7) is 6.06. The standard InChI is InChI=1S/C12H22N2O3/c1-7(10-4-5-10)6-13-12(17)14-9(3)8(2)11(15)16/h7-10H,4-6H2,1-3H3,(H,15,16)(H2,13,14,17). The highest BCUT2D eigenvalue weighted by Gasteiger charge is 2.28. The quantitative estimate of drug-likeness (QED) is 0.659. The second kappa shape index (κ2) is 5.89. The Bertz CT molecular complexity index is 289. The Morgan fingerprint density at radius 3 is 2.35 bits per heavy atom. The largest absolute Gasteiger partial charge is 0.481 e. The van der Waals surface area contributed by atoms with E-state index in [1.807, 2.05) is 0 Å². The van der Waals surface area contributed by atoms with Crippen molar-refractivity contribution in [2.45, 2.75) is 39.7 Å². The van der Waals surface area contributed by atoms with E-state index in [1.54, 1.807) is 13.8 Å². The Kier molecular flexibility index (Phi) is 4.78. The lowest BCUT2D eigenvalue weighted by molar-refractivity contribution is -0.141. The molecule has 0 bridgehead atoms. The van der Waals surface area contributed by atoms with Crippen LogP contribution in [0.2, 0.25) is 0 Å². The minimum Gasteiger partial charge on any atom is -0.481 e. The molecule has 2 amide bonds. The lowest BCUT2D eigenvalue weighted by Gasteiger charge is -2.19. The zero-order valence-electron chi connectivity index (χ0n) is 10.7. The Hall–Kier alpha value is -1.26. The highest BCUT2D eigenvalue weighted by molar-refractivity contribution is 5.76. The van der Waals surface area contributed by atoms with Crippen LogP contribution in [0, 0.1) is 17.8 Å². The molecular formula is C12H22N2O3. The molecule has 17 heavy (non-hydrogen) atoms. The third-order valence-corrected chi connectivity index (χ3v) is 3.51. The molecule has 1 aliphatic carbocycles. The van der Waals surface area contributed by atoms with E-state index >= 15 is 0 Å². The first-order chi connectivity index (χ1) is 7.91. The fourth-order valence-corrected chi connectivity index (χ4v) is 1.68. The van der Waals surface area contributed by atoms with Gasteiger partial charge in [0, 0.05) is 12.6 Å². The molecule has 98 valence electrons. The van der Waals surface area contributed by atoms with E-state index in [0.29, 0.717) is 12.5 Å². The Labute approximate surface area is 102 Å². The van der Waals surface area contributed by atoms with Crippen molar-refractivity contribution >= 4 is 12.0 Å². The molecule has 3 atom stereocenters. The number of carboxylic acids is 1. The normalized spacial score (nSPS) is 20.2. The van der Waals surface area contributed by atoms with Crippen LogP contribution in [-0.2, 0) is 4.79 Å². The fraction of sp³-hybridized carbons (Fsp3) is 0.833. The summed E-state index contributed by atoms with van der Waals surface area (Å²) in [4.78, 5) is 22.2. The number of rotatable bonds is 6. The van der Waals surface area contributed by atoms with Gasteiger partial charge in [-0.2, -0.15) is 0 Å². The molecule has 0 aromatic carbocycles. The molecule has 5 nitrogen and oxygen atoms in total. The molecule has 0 aromatic rings. The molecule has 3 N–H and O–H groups in total. The van der Waals surface area contributed by atoms with E-state index in [4.69, 9.17) is 5.11 Å². The van der Waals surface area contributed by atoms with Gasteiger partial charge in [0.05, 0.1) is 5.92 Å². The van der Waals surface area contributed by atoms with Gasteiger partial charge in [0.1, 0.15) is 0 Å². The predicted octanol–water partition coefficient (Wildman–Crippen LogP) is 1.44. The maximum absolute atomic E-state index is 11.5. The Balaban J connectivity index is 2.21. The van der Waals surface area contributed by atoms with Crippen LogP contribution in [0.4, 0.5) is 4.79 Å². The maximum Gasteiger partial charge on any atom is 0.315 e. The van der Waals surface area contributed by atoms with E-state index < -0.39 is 11.9 Å². The lowest BCUT2D eigenvalue weighted by atomic mass is 10.0. The average molecular weight is 242 g/mol. The summed E-state index contributed by atoms with van der Waals surface area (Å²) in [5.41, 5.74) is 0. The number of urea groups is 1. The maximum atomic E-state index is 11.5. The van der Waals surface area contributed by atoms with Gasteiger partial charge in [0.15, 0.2) is 0 Å². The van der Waals surface area contributed by atoms with Gasteiger partial charge in [-0.3, -0.25) is 4.79 Å². The van der Waals surface area contributed by atoms with Gasteiger partial charge in [0.2, 0.25) is 0 Å². The van der Waals surface area contributed by atoms with Crippen LogP contribution in [-0.4, -0.2) is 29.7 Å². The van der Waals surface area contributed by atoms with E-state index in [9.17, 15) is 9.59 Å². The zero-order valence-corrected chi connectivity index (χ0v) is 10.7. The molecule has 1 fully saturated rings. The lowest BCUT2D eigenvalue weighted by Crippen LogP contribution is -2.46. The first kappa shape index (κ1) is 13.8. The van der Waals surface area contributed by atoms with Gasteiger partial charge in [-0.25, -0.2) is 4.79 Å². The summed E-state index contributed by atoms with van der Waals surface area (Å²) >= 11 is 0. The summed E-state index contributed by atoms with van der Waals surface area (Å²) in [6, 6.07) is -0.651. The molecule has 0 aliphatic heterocycles. The monoisotopic (exact) mass is 242 g/mol. The number of carbonyl (C=O) groups is 2. The predicted molar refractivity (Wildman–Crippen MR) is 64.7 cm³/mol. The van der Waals surface area contributed by atoms with Crippen molar-refractivity contribution in [3.8, 4) is 0 Å². The molecule has 0 saturated heterocycles. The van der Waals surface area contributed by atoms with Crippen LogP contribution in [0.3, 0.4) is 0 Å². The zero-order chi connectivity index (χ0) is 13.0. The summed E-state index contributed by atoms with van der Waals surface area (Å²) in [5.74, 6) is -0.218. The second-order valence-electron chi connectivity index (χ2n) is 5.08. The summed E-state index contributed by atoms with van der Waals surface area (Å²) in [6.07, 6.45) is 2.52. The number of carboxylic acid groups (broad SMARTS) is 1. The third-order valence-electron chi connectivity index (χ3n) is 3.51. The minimum absolute atomic E-state index is 0.280. The molecule has 1 saturated carbocycles. The van der Waals surface area contributed by atoms with Gasteiger partial charge in [-0.05, 0) is 38.5 Å². The number of nitrogens with one attached hydrogen (secondary N) is 2. The SMILES string of the molecule is CC(CNC(=O)NC(C)C(C)C(=O)O)C1CC1. The van der Waals surface area contributed by atoms with Crippen molar-refractivity contribution in [3.05, 3.63) is 0 Å². The molecule has 0 spiro atoms. The van der Waals surface area contributed by atoms with E-state index in [1.165, 1.54) is 12.8 Å². The summed E-state index contributed by atoms with van der Waals surface area (Å²) in [5, 5.41) is 14.2. The number of amides is 2. The molecule has 0 heterocycles. The Morgan fingerprint density at radius 1 is 1.29 bits per heavy atom. The van der Waals surface area contributed by atoms with Crippen molar-refractivity contribution in [3.63, 3.8) is 0 Å². The number of carbonyl (C=O) groups excluding carboxylic acids is 1. The smallest absolute Gasteiger partial charge is 0.315 e. The van der Waals surface area contributed by atoms with Gasteiger partial charge in [-0.15, -0.1) is 0 Å². The Morgan fingerprint density at radius 2 is 1.88 bits per heavy atom. The van der Waals surface area contributed by atoms with Crippen LogP contribution in [0.15, 0.2) is 0 Å². The van der Waals surface area contributed by atoms with Crippen LogP contribution < -0.4 is 10.6 Å². The minimum atomic E-state index is -0.899. The number of aliphatic carboxylic acids is 1. The third kappa shape index (κ3) is 4.63. The van der Waals surface area contributed by atoms with Crippen molar-refractivity contribution < 1.29 is 14.7 Å². The molecule has 1 rings (SSSR count). The van der Waals surface area contributed by atoms with Gasteiger partial charge in [0.25, 0.3) is 0 Å². The summed E-state index contributed by atoms with van der Waals surface area (Å²) in [7, 11) is 0. The van der Waals surface area contributed by atoms with Crippen molar-refractivity contribution in [1.29, 1.82) is 0 Å². The molecule has 5 heteroatoms. The molecular weight excluding hydrogens is 220 g/mol. The number of hydrogen-bond donors (Lipinski definition) is 3. The molecule has 3 unspecified atom stereocenters. The first-order valence-corrected chi connectivity index (χ1v) is 6.19. The summed E-state index contributed by atoms with van der Waals surface area (Å²) < 4.78 is 0. The van der Waals surface area contributed by atoms with E-state index in [-0.39, 0.29) is 12.1 Å². The van der Waals surface area contributed by atoms with Crippen LogP contribution in [0.5, 0.6) is 0 Å². The van der Waals surface area contributed by atoms with Crippen molar-refractivity contribution in [1.82, 2.24) is 10.6 Å². The number of hydrogen-bond acceptors (Lipinski definition) is 2. The van der Waals surface area contributed by atoms with Crippen LogP contribution in [0.1, 0.15) is 33.6 Å². The van der Waals surface area contributed by atoms with Gasteiger partial charge < -0.3 is 15.7 Å². The van der Waals surface area contributed by atoms with Crippen molar-refractivity contribution in [2.75, 3.05) is 6.54 Å². The van der Waals surface area contributed by atoms with Crippen LogP contribution >= 0.6 is 0 Å². The highest BCUT2D eigenvalue weighted by atomic mass is 16.4. The van der Waals surface area contributed by atoms with E-state index in [2.05, 4.69) is 17.6 Å². The van der Waals surface area contributed by atoms with Crippen molar-refractivity contribution in [2.24, 2.45) is 17.8 Å². The van der Waals surface area contributed by atoms with Crippen LogP contribution in [0.25, 0.3) is 0 Å². The average Bonchev–Trinajstić information content (AvgIpc) is 3.08.